The molecule has 0 saturated heterocycles. The van der Waals surface area contributed by atoms with Crippen molar-refractivity contribution in [3.8, 4) is 0 Å². The highest BCUT2D eigenvalue weighted by molar-refractivity contribution is 5.88. The molecule has 1 heterocycles. The van der Waals surface area contributed by atoms with Crippen molar-refractivity contribution >= 4 is 16.8 Å². The molecule has 0 amide bonds. The van der Waals surface area contributed by atoms with Gasteiger partial charge in [-0.1, -0.05) is 17.3 Å². The first-order chi connectivity index (χ1) is 6.56. The van der Waals surface area contributed by atoms with Crippen LogP contribution in [0, 0.1) is 0 Å². The van der Waals surface area contributed by atoms with Crippen molar-refractivity contribution in [3.63, 3.8) is 0 Å². The van der Waals surface area contributed by atoms with Crippen molar-refractivity contribution in [1.29, 1.82) is 0 Å². The van der Waals surface area contributed by atoms with Crippen molar-refractivity contribution in [2.24, 2.45) is 0 Å². The third-order valence-corrected chi connectivity index (χ3v) is 1.87. The van der Waals surface area contributed by atoms with Crippen LogP contribution in [0.2, 0.25) is 0 Å². The molecule has 0 fully saturated rings. The molecule has 0 atom stereocenters. The zero-order valence-electron chi connectivity index (χ0n) is 8.66. The molecule has 0 bridgehead atoms. The van der Waals surface area contributed by atoms with E-state index in [0.717, 1.165) is 16.8 Å². The first-order valence-electron chi connectivity index (χ1n) is 4.69. The summed E-state index contributed by atoms with van der Waals surface area (Å²) in [5.41, 5.74) is 0.818. The fraction of sp³-hybridized carbons (Fsp3) is 0.364. The second-order valence-electron chi connectivity index (χ2n) is 4.40. The van der Waals surface area contributed by atoms with Gasteiger partial charge in [0.1, 0.15) is 0 Å². The van der Waals surface area contributed by atoms with Gasteiger partial charge in [0, 0.05) is 5.54 Å². The number of nitrogens with zero attached hydrogens (tertiary/aromatic N) is 1. The van der Waals surface area contributed by atoms with Crippen molar-refractivity contribution in [1.82, 2.24) is 5.16 Å². The number of anilines is 1. The number of hydrogen-bond acceptors (Lipinski definition) is 3. The number of rotatable bonds is 1. The smallest absolute Gasteiger partial charge is 0.177 e. The summed E-state index contributed by atoms with van der Waals surface area (Å²) in [6, 6.07) is 7.83. The van der Waals surface area contributed by atoms with E-state index < -0.39 is 0 Å². The molecular weight excluding hydrogens is 176 g/mol. The Morgan fingerprint density at radius 3 is 2.64 bits per heavy atom. The van der Waals surface area contributed by atoms with Crippen LogP contribution in [0.25, 0.3) is 11.0 Å². The zero-order valence-corrected chi connectivity index (χ0v) is 8.66. The molecule has 1 aromatic carbocycles. The molecule has 0 aliphatic heterocycles. The molecule has 0 unspecified atom stereocenters. The van der Waals surface area contributed by atoms with Crippen molar-refractivity contribution in [2.75, 3.05) is 5.32 Å². The van der Waals surface area contributed by atoms with Gasteiger partial charge in [0.25, 0.3) is 0 Å². The summed E-state index contributed by atoms with van der Waals surface area (Å²) < 4.78 is 5.18. The van der Waals surface area contributed by atoms with Gasteiger partial charge in [0.15, 0.2) is 11.4 Å². The maximum absolute atomic E-state index is 5.18. The molecule has 2 aromatic rings. The summed E-state index contributed by atoms with van der Waals surface area (Å²) in [5.74, 6) is 0.813. The summed E-state index contributed by atoms with van der Waals surface area (Å²) >= 11 is 0. The van der Waals surface area contributed by atoms with Crippen molar-refractivity contribution < 1.29 is 4.52 Å². The average molecular weight is 190 g/mol. The van der Waals surface area contributed by atoms with Crippen LogP contribution in [0.4, 0.5) is 5.82 Å². The quantitative estimate of drug-likeness (QED) is 0.751. The Balaban J connectivity index is 2.44. The first-order valence-corrected chi connectivity index (χ1v) is 4.69. The van der Waals surface area contributed by atoms with Crippen LogP contribution in [0.15, 0.2) is 28.8 Å². The van der Waals surface area contributed by atoms with E-state index in [1.54, 1.807) is 0 Å². The van der Waals surface area contributed by atoms with E-state index in [2.05, 4.69) is 31.2 Å². The summed E-state index contributed by atoms with van der Waals surface area (Å²) in [4.78, 5) is 0. The summed E-state index contributed by atoms with van der Waals surface area (Å²) in [5, 5.41) is 8.32. The summed E-state index contributed by atoms with van der Waals surface area (Å²) in [7, 11) is 0. The normalized spacial score (nSPS) is 11.9. The number of aromatic nitrogens is 1. The number of fused-ring (bicyclic) bond motifs is 1. The predicted octanol–water partition coefficient (Wildman–Crippen LogP) is 3.04. The Kier molecular flexibility index (Phi) is 1.95. The SMILES string of the molecule is CC(C)(C)Nc1noc2ccccc12. The molecule has 3 nitrogen and oxygen atoms in total. The maximum atomic E-state index is 5.18. The Morgan fingerprint density at radius 2 is 1.93 bits per heavy atom. The molecule has 0 radical (unpaired) electrons. The monoisotopic (exact) mass is 190 g/mol. The summed E-state index contributed by atoms with van der Waals surface area (Å²) in [6.45, 7) is 6.28. The molecule has 0 aliphatic rings. The molecule has 1 N–H and O–H groups in total. The first kappa shape index (κ1) is 9.06. The largest absolute Gasteiger partial charge is 0.362 e. The Labute approximate surface area is 83.1 Å². The molecule has 1 aromatic heterocycles. The topological polar surface area (TPSA) is 38.1 Å². The van der Waals surface area contributed by atoms with Crippen LogP contribution in [0.5, 0.6) is 0 Å². The van der Waals surface area contributed by atoms with Gasteiger partial charge in [-0.2, -0.15) is 0 Å². The van der Waals surface area contributed by atoms with Gasteiger partial charge in [-0.15, -0.1) is 0 Å². The number of benzene rings is 1. The standard InChI is InChI=1S/C11H14N2O/c1-11(2,3)12-10-8-6-4-5-7-9(8)14-13-10/h4-7H,1-3H3,(H,12,13). The third-order valence-electron chi connectivity index (χ3n) is 1.87. The third kappa shape index (κ3) is 1.71. The minimum absolute atomic E-state index is 0.000352. The molecule has 0 saturated carbocycles. The number of nitrogens with one attached hydrogen (secondary N) is 1. The molecule has 14 heavy (non-hydrogen) atoms. The lowest BCUT2D eigenvalue weighted by atomic mass is 10.1. The van der Waals surface area contributed by atoms with E-state index in [0.29, 0.717) is 0 Å². The van der Waals surface area contributed by atoms with E-state index in [9.17, 15) is 0 Å². The lowest BCUT2D eigenvalue weighted by molar-refractivity contribution is 0.455. The lowest BCUT2D eigenvalue weighted by Crippen LogP contribution is -2.26. The zero-order chi connectivity index (χ0) is 10.2. The molecule has 74 valence electrons. The fourth-order valence-electron chi connectivity index (χ4n) is 1.33. The average Bonchev–Trinajstić information content (AvgIpc) is 2.47. The Bertz CT molecular complexity index is 440. The van der Waals surface area contributed by atoms with Crippen LogP contribution in [0.1, 0.15) is 20.8 Å². The maximum Gasteiger partial charge on any atom is 0.177 e. The van der Waals surface area contributed by atoms with Gasteiger partial charge < -0.3 is 9.84 Å². The van der Waals surface area contributed by atoms with Crippen molar-refractivity contribution in [3.05, 3.63) is 24.3 Å². The minimum Gasteiger partial charge on any atom is -0.362 e. The van der Waals surface area contributed by atoms with Gasteiger partial charge in [0.2, 0.25) is 0 Å². The number of para-hydroxylation sites is 1. The highest BCUT2D eigenvalue weighted by Crippen LogP contribution is 2.24. The molecule has 2 rings (SSSR count). The minimum atomic E-state index is -0.000352. The van der Waals surface area contributed by atoms with Gasteiger partial charge >= 0.3 is 0 Å². The summed E-state index contributed by atoms with van der Waals surface area (Å²) in [6.07, 6.45) is 0. The van der Waals surface area contributed by atoms with Gasteiger partial charge in [-0.3, -0.25) is 0 Å². The van der Waals surface area contributed by atoms with Gasteiger partial charge in [-0.05, 0) is 32.9 Å². The lowest BCUT2D eigenvalue weighted by Gasteiger charge is -2.19. The second kappa shape index (κ2) is 3.01. The molecule has 0 spiro atoms. The van der Waals surface area contributed by atoms with Gasteiger partial charge in [0.05, 0.1) is 5.39 Å². The van der Waals surface area contributed by atoms with Crippen LogP contribution < -0.4 is 5.32 Å². The van der Waals surface area contributed by atoms with Crippen LogP contribution in [0.3, 0.4) is 0 Å². The van der Waals surface area contributed by atoms with Crippen LogP contribution >= 0.6 is 0 Å². The Morgan fingerprint density at radius 1 is 1.21 bits per heavy atom. The van der Waals surface area contributed by atoms with Crippen molar-refractivity contribution in [2.45, 2.75) is 26.3 Å². The van der Waals surface area contributed by atoms with Crippen LogP contribution in [-0.4, -0.2) is 10.7 Å². The van der Waals surface area contributed by atoms with E-state index in [1.165, 1.54) is 0 Å². The fourth-order valence-corrected chi connectivity index (χ4v) is 1.33. The molecule has 0 aliphatic carbocycles. The molecule has 3 heteroatoms. The Hall–Kier alpha value is -1.51. The second-order valence-corrected chi connectivity index (χ2v) is 4.40. The highest BCUT2D eigenvalue weighted by atomic mass is 16.5. The van der Waals surface area contributed by atoms with E-state index in [1.807, 2.05) is 24.3 Å². The highest BCUT2D eigenvalue weighted by Gasteiger charge is 2.14. The van der Waals surface area contributed by atoms with Crippen LogP contribution in [-0.2, 0) is 0 Å². The van der Waals surface area contributed by atoms with E-state index in [4.69, 9.17) is 4.52 Å². The van der Waals surface area contributed by atoms with E-state index in [-0.39, 0.29) is 5.54 Å². The molecular formula is C11H14N2O. The van der Waals surface area contributed by atoms with Gasteiger partial charge in [-0.25, -0.2) is 0 Å². The number of hydrogen-bond donors (Lipinski definition) is 1. The predicted molar refractivity (Wildman–Crippen MR) is 57.4 cm³/mol. The van der Waals surface area contributed by atoms with E-state index >= 15 is 0 Å².